The SMILES string of the molecule is O=c1[nH]c2nc(C(F)(F)F)cc(C(F)(F)F)c2c2ccccc12. The van der Waals surface area contributed by atoms with Crippen LogP contribution in [0.5, 0.6) is 0 Å². The standard InChI is InChI=1S/C14H6F6N2O/c15-13(16,17)8-5-9(14(18,19)20)21-11-10(8)6-3-1-2-4-7(6)12(23)22-11/h1-5H,(H,21,22,23). The van der Waals surface area contributed by atoms with Crippen LogP contribution in [-0.4, -0.2) is 9.97 Å². The van der Waals surface area contributed by atoms with Gasteiger partial charge in [-0.2, -0.15) is 26.3 Å². The normalized spacial score (nSPS) is 13.0. The molecule has 1 aromatic carbocycles. The lowest BCUT2D eigenvalue weighted by molar-refractivity contribution is -0.144. The molecule has 3 nitrogen and oxygen atoms in total. The maximum Gasteiger partial charge on any atom is 0.433 e. The summed E-state index contributed by atoms with van der Waals surface area (Å²) < 4.78 is 78.0. The lowest BCUT2D eigenvalue weighted by Gasteiger charge is -2.15. The molecule has 2 heterocycles. The Morgan fingerprint density at radius 2 is 1.52 bits per heavy atom. The van der Waals surface area contributed by atoms with Gasteiger partial charge in [0.2, 0.25) is 0 Å². The van der Waals surface area contributed by atoms with Crippen LogP contribution in [0.25, 0.3) is 21.8 Å². The number of aromatic amines is 1. The molecule has 0 unspecified atom stereocenters. The molecule has 3 rings (SSSR count). The third kappa shape index (κ3) is 2.51. The number of aromatic nitrogens is 2. The van der Waals surface area contributed by atoms with Crippen LogP contribution in [0.1, 0.15) is 11.3 Å². The number of H-pyrrole nitrogens is 1. The van der Waals surface area contributed by atoms with Crippen molar-refractivity contribution in [1.82, 2.24) is 9.97 Å². The average Bonchev–Trinajstić information content (AvgIpc) is 2.44. The Morgan fingerprint density at radius 1 is 0.913 bits per heavy atom. The molecule has 0 saturated heterocycles. The van der Waals surface area contributed by atoms with Crippen LogP contribution in [0.3, 0.4) is 0 Å². The quantitative estimate of drug-likeness (QED) is 0.497. The molecular formula is C14H6F6N2O. The van der Waals surface area contributed by atoms with Crippen molar-refractivity contribution >= 4 is 21.8 Å². The van der Waals surface area contributed by atoms with Gasteiger partial charge in [0.15, 0.2) is 0 Å². The van der Waals surface area contributed by atoms with Crippen molar-refractivity contribution in [2.75, 3.05) is 0 Å². The van der Waals surface area contributed by atoms with Gasteiger partial charge in [-0.3, -0.25) is 4.79 Å². The van der Waals surface area contributed by atoms with Crippen molar-refractivity contribution in [1.29, 1.82) is 0 Å². The van der Waals surface area contributed by atoms with Gasteiger partial charge in [0.25, 0.3) is 5.56 Å². The van der Waals surface area contributed by atoms with E-state index in [0.29, 0.717) is 0 Å². The largest absolute Gasteiger partial charge is 0.433 e. The van der Waals surface area contributed by atoms with Crippen LogP contribution in [-0.2, 0) is 12.4 Å². The van der Waals surface area contributed by atoms with Crippen LogP contribution < -0.4 is 5.56 Å². The van der Waals surface area contributed by atoms with Crippen LogP contribution in [0.2, 0.25) is 0 Å². The minimum Gasteiger partial charge on any atom is -0.306 e. The van der Waals surface area contributed by atoms with Gasteiger partial charge >= 0.3 is 12.4 Å². The van der Waals surface area contributed by atoms with Crippen molar-refractivity contribution < 1.29 is 26.3 Å². The molecule has 0 aliphatic heterocycles. The van der Waals surface area contributed by atoms with Gasteiger partial charge in [-0.05, 0) is 17.5 Å². The minimum atomic E-state index is -5.07. The van der Waals surface area contributed by atoms with Gasteiger partial charge in [-0.15, -0.1) is 0 Å². The van der Waals surface area contributed by atoms with Gasteiger partial charge in [0.1, 0.15) is 11.3 Å². The van der Waals surface area contributed by atoms with E-state index in [0.717, 1.165) is 0 Å². The summed E-state index contributed by atoms with van der Waals surface area (Å²) in [4.78, 5) is 17.0. The maximum atomic E-state index is 13.2. The molecule has 0 amide bonds. The summed E-state index contributed by atoms with van der Waals surface area (Å²) in [5.74, 6) is 0. The van der Waals surface area contributed by atoms with E-state index in [2.05, 4.69) is 4.98 Å². The fraction of sp³-hybridized carbons (Fsp3) is 0.143. The van der Waals surface area contributed by atoms with Crippen LogP contribution in [0, 0.1) is 0 Å². The van der Waals surface area contributed by atoms with E-state index in [1.165, 1.54) is 24.3 Å². The molecule has 0 aliphatic rings. The third-order valence-electron chi connectivity index (χ3n) is 3.29. The highest BCUT2D eigenvalue weighted by Crippen LogP contribution is 2.39. The van der Waals surface area contributed by atoms with Gasteiger partial charge in [0.05, 0.1) is 5.56 Å². The van der Waals surface area contributed by atoms with Crippen molar-refractivity contribution in [2.45, 2.75) is 12.4 Å². The molecule has 0 spiro atoms. The summed E-state index contributed by atoms with van der Waals surface area (Å²) in [5.41, 5.74) is -4.78. The molecule has 0 atom stereocenters. The molecule has 2 aromatic heterocycles. The molecule has 0 bridgehead atoms. The fourth-order valence-corrected chi connectivity index (χ4v) is 2.35. The van der Waals surface area contributed by atoms with Crippen LogP contribution in [0.15, 0.2) is 35.1 Å². The molecule has 9 heteroatoms. The Balaban J connectivity index is 2.59. The van der Waals surface area contributed by atoms with E-state index in [1.54, 1.807) is 0 Å². The average molecular weight is 332 g/mol. The number of pyridine rings is 2. The first-order valence-corrected chi connectivity index (χ1v) is 6.19. The number of nitrogens with zero attached hydrogens (tertiary/aromatic N) is 1. The minimum absolute atomic E-state index is 0.0485. The predicted octanol–water partition coefficient (Wildman–Crippen LogP) is 4.11. The molecule has 0 aliphatic carbocycles. The first kappa shape index (κ1) is 15.3. The number of benzene rings is 1. The molecule has 1 N–H and O–H groups in total. The fourth-order valence-electron chi connectivity index (χ4n) is 2.35. The Morgan fingerprint density at radius 3 is 2.09 bits per heavy atom. The molecule has 0 radical (unpaired) electrons. The number of nitrogens with one attached hydrogen (secondary N) is 1. The molecule has 23 heavy (non-hydrogen) atoms. The lowest BCUT2D eigenvalue weighted by atomic mass is 10.0. The molecule has 0 saturated carbocycles. The zero-order valence-corrected chi connectivity index (χ0v) is 11.0. The third-order valence-corrected chi connectivity index (χ3v) is 3.29. The van der Waals surface area contributed by atoms with Crippen LogP contribution in [0.4, 0.5) is 26.3 Å². The van der Waals surface area contributed by atoms with Gasteiger partial charge < -0.3 is 4.98 Å². The summed E-state index contributed by atoms with van der Waals surface area (Å²) in [7, 11) is 0. The van der Waals surface area contributed by atoms with Gasteiger partial charge in [-0.25, -0.2) is 4.98 Å². The summed E-state index contributed by atoms with van der Waals surface area (Å²) in [6.45, 7) is 0. The van der Waals surface area contributed by atoms with Crippen molar-refractivity contribution in [2.24, 2.45) is 0 Å². The number of hydrogen-bond acceptors (Lipinski definition) is 2. The van der Waals surface area contributed by atoms with Crippen molar-refractivity contribution in [3.05, 3.63) is 51.9 Å². The summed E-state index contributed by atoms with van der Waals surface area (Å²) >= 11 is 0. The second kappa shape index (κ2) is 4.71. The zero-order valence-electron chi connectivity index (χ0n) is 11.0. The second-order valence-corrected chi connectivity index (χ2v) is 4.77. The first-order valence-electron chi connectivity index (χ1n) is 6.19. The molecule has 0 fully saturated rings. The van der Waals surface area contributed by atoms with Crippen molar-refractivity contribution in [3.63, 3.8) is 0 Å². The molecular weight excluding hydrogens is 326 g/mol. The van der Waals surface area contributed by atoms with E-state index < -0.39 is 40.2 Å². The van der Waals surface area contributed by atoms with E-state index in [1.807, 2.05) is 4.98 Å². The highest BCUT2D eigenvalue weighted by atomic mass is 19.4. The van der Waals surface area contributed by atoms with E-state index in [-0.39, 0.29) is 16.8 Å². The maximum absolute atomic E-state index is 13.2. The molecule has 3 aromatic rings. The summed E-state index contributed by atoms with van der Waals surface area (Å²) in [6.07, 6.45) is -10.1. The number of alkyl halides is 6. The van der Waals surface area contributed by atoms with Gasteiger partial charge in [-0.1, -0.05) is 18.2 Å². The van der Waals surface area contributed by atoms with Gasteiger partial charge in [0, 0.05) is 10.8 Å². The number of halogens is 6. The molecule has 120 valence electrons. The summed E-state index contributed by atoms with van der Waals surface area (Å²) in [6, 6.07) is 5.29. The highest BCUT2D eigenvalue weighted by molar-refractivity contribution is 6.06. The second-order valence-electron chi connectivity index (χ2n) is 4.77. The van der Waals surface area contributed by atoms with Crippen molar-refractivity contribution in [3.8, 4) is 0 Å². The number of rotatable bonds is 0. The van der Waals surface area contributed by atoms with Crippen LogP contribution >= 0.6 is 0 Å². The highest BCUT2D eigenvalue weighted by Gasteiger charge is 2.40. The Kier molecular flexibility index (Phi) is 3.13. The number of hydrogen-bond donors (Lipinski definition) is 1. The smallest absolute Gasteiger partial charge is 0.306 e. The van der Waals surface area contributed by atoms with E-state index >= 15 is 0 Å². The van der Waals surface area contributed by atoms with E-state index in [9.17, 15) is 31.1 Å². The monoisotopic (exact) mass is 332 g/mol. The Labute approximate surface area is 123 Å². The lowest BCUT2D eigenvalue weighted by Crippen LogP contribution is -2.16. The van der Waals surface area contributed by atoms with E-state index in [4.69, 9.17) is 0 Å². The Hall–Kier alpha value is -2.58. The topological polar surface area (TPSA) is 45.8 Å². The first-order chi connectivity index (χ1) is 10.6. The zero-order chi connectivity index (χ0) is 17.0. The Bertz CT molecular complexity index is 971. The number of fused-ring (bicyclic) bond motifs is 3. The summed E-state index contributed by atoms with van der Waals surface area (Å²) in [5, 5.41) is -0.743. The predicted molar refractivity (Wildman–Crippen MR) is 69.9 cm³/mol.